The third-order valence-corrected chi connectivity index (χ3v) is 3.35. The van der Waals surface area contributed by atoms with Gasteiger partial charge in [0.05, 0.1) is 12.7 Å². The summed E-state index contributed by atoms with van der Waals surface area (Å²) >= 11 is 3.33. The Bertz CT molecular complexity index is 638. The van der Waals surface area contributed by atoms with Crippen molar-refractivity contribution in [2.24, 2.45) is 0 Å². The molecule has 0 aliphatic carbocycles. The minimum atomic E-state index is -0.577. The smallest absolute Gasteiger partial charge is 0.196 e. The third-order valence-electron chi connectivity index (χ3n) is 2.85. The molecule has 0 N–H and O–H groups in total. The van der Waals surface area contributed by atoms with Gasteiger partial charge in [-0.3, -0.25) is 4.79 Å². The van der Waals surface area contributed by atoms with Crippen molar-refractivity contribution >= 4 is 21.7 Å². The average molecular weight is 323 g/mol. The van der Waals surface area contributed by atoms with Gasteiger partial charge in [-0.05, 0) is 42.8 Å². The normalized spacial score (nSPS) is 10.3. The molecule has 0 aliphatic heterocycles. The number of halogens is 2. The van der Waals surface area contributed by atoms with E-state index in [1.165, 1.54) is 19.2 Å². The van der Waals surface area contributed by atoms with Gasteiger partial charge in [-0.25, -0.2) is 4.39 Å². The molecule has 0 atom stereocenters. The summed E-state index contributed by atoms with van der Waals surface area (Å²) < 4.78 is 19.7. The maximum Gasteiger partial charge on any atom is 0.196 e. The number of carbonyl (C=O) groups is 1. The minimum absolute atomic E-state index is 0.0474. The topological polar surface area (TPSA) is 26.3 Å². The minimum Gasteiger partial charge on any atom is -0.497 e. The van der Waals surface area contributed by atoms with Crippen LogP contribution in [0.25, 0.3) is 0 Å². The lowest BCUT2D eigenvalue weighted by Crippen LogP contribution is -2.06. The zero-order chi connectivity index (χ0) is 14.0. The van der Waals surface area contributed by atoms with Crippen LogP contribution in [-0.2, 0) is 0 Å². The number of aryl methyl sites for hydroxylation is 1. The van der Waals surface area contributed by atoms with Crippen LogP contribution in [0.2, 0.25) is 0 Å². The van der Waals surface area contributed by atoms with Crippen molar-refractivity contribution in [2.75, 3.05) is 7.11 Å². The first-order valence-corrected chi connectivity index (χ1v) is 6.46. The zero-order valence-electron chi connectivity index (χ0n) is 10.5. The van der Waals surface area contributed by atoms with Crippen LogP contribution >= 0.6 is 15.9 Å². The third kappa shape index (κ3) is 2.84. The lowest BCUT2D eigenvalue weighted by atomic mass is 9.99. The predicted octanol–water partition coefficient (Wildman–Crippen LogP) is 4.14. The van der Waals surface area contributed by atoms with Crippen molar-refractivity contribution < 1.29 is 13.9 Å². The van der Waals surface area contributed by atoms with E-state index in [0.29, 0.717) is 11.3 Å². The predicted molar refractivity (Wildman–Crippen MR) is 75.3 cm³/mol. The molecule has 0 aliphatic rings. The van der Waals surface area contributed by atoms with Crippen LogP contribution in [0, 0.1) is 12.7 Å². The quantitative estimate of drug-likeness (QED) is 0.794. The largest absolute Gasteiger partial charge is 0.497 e. The van der Waals surface area contributed by atoms with Crippen LogP contribution in [0.1, 0.15) is 21.5 Å². The summed E-state index contributed by atoms with van der Waals surface area (Å²) in [5, 5.41) is 0. The Morgan fingerprint density at radius 1 is 1.16 bits per heavy atom. The highest BCUT2D eigenvalue weighted by Gasteiger charge is 2.16. The van der Waals surface area contributed by atoms with E-state index in [2.05, 4.69) is 15.9 Å². The van der Waals surface area contributed by atoms with E-state index in [0.717, 1.165) is 10.0 Å². The summed E-state index contributed by atoms with van der Waals surface area (Å²) in [5.41, 5.74) is 1.34. The molecule has 4 heteroatoms. The number of methoxy groups -OCH3 is 1. The molecule has 0 aromatic heterocycles. The van der Waals surface area contributed by atoms with Crippen molar-refractivity contribution in [3.8, 4) is 5.75 Å². The molecule has 0 saturated carbocycles. The second-order valence-electron chi connectivity index (χ2n) is 4.13. The number of hydrogen-bond donors (Lipinski definition) is 0. The summed E-state index contributed by atoms with van der Waals surface area (Å²) in [6.45, 7) is 1.82. The molecule has 2 nitrogen and oxygen atoms in total. The highest BCUT2D eigenvalue weighted by Crippen LogP contribution is 2.22. The van der Waals surface area contributed by atoms with E-state index in [1.807, 2.05) is 13.0 Å². The van der Waals surface area contributed by atoms with Gasteiger partial charge in [0.1, 0.15) is 11.6 Å². The number of ketones is 1. The first-order chi connectivity index (χ1) is 9.02. The maximum absolute atomic E-state index is 13.9. The fourth-order valence-electron chi connectivity index (χ4n) is 1.83. The van der Waals surface area contributed by atoms with E-state index in [-0.39, 0.29) is 11.3 Å². The number of rotatable bonds is 3. The summed E-state index contributed by atoms with van der Waals surface area (Å²) in [6.07, 6.45) is 0. The second-order valence-corrected chi connectivity index (χ2v) is 5.05. The molecule has 2 aromatic carbocycles. The van der Waals surface area contributed by atoms with Gasteiger partial charge in [-0.1, -0.05) is 15.9 Å². The Morgan fingerprint density at radius 2 is 1.84 bits per heavy atom. The van der Waals surface area contributed by atoms with Gasteiger partial charge >= 0.3 is 0 Å². The van der Waals surface area contributed by atoms with E-state index in [9.17, 15) is 9.18 Å². The Balaban J connectivity index is 2.44. The second kappa shape index (κ2) is 5.53. The van der Waals surface area contributed by atoms with Crippen LogP contribution in [0.4, 0.5) is 4.39 Å². The molecule has 98 valence electrons. The molecular formula is C15H12BrFO2. The first kappa shape index (κ1) is 13.7. The summed E-state index contributed by atoms with van der Waals surface area (Å²) in [4.78, 5) is 12.3. The molecule has 0 unspecified atom stereocenters. The molecule has 2 aromatic rings. The van der Waals surface area contributed by atoms with Gasteiger partial charge < -0.3 is 4.74 Å². The first-order valence-electron chi connectivity index (χ1n) is 5.67. The summed E-state index contributed by atoms with van der Waals surface area (Å²) in [6, 6.07) is 9.51. The highest BCUT2D eigenvalue weighted by molar-refractivity contribution is 9.10. The van der Waals surface area contributed by atoms with E-state index in [4.69, 9.17) is 4.74 Å². The molecule has 0 heterocycles. The van der Waals surface area contributed by atoms with Crippen LogP contribution in [0.5, 0.6) is 5.75 Å². The van der Waals surface area contributed by atoms with E-state index < -0.39 is 5.82 Å². The molecule has 0 amide bonds. The van der Waals surface area contributed by atoms with E-state index >= 15 is 0 Å². The lowest BCUT2D eigenvalue weighted by Gasteiger charge is -2.08. The van der Waals surface area contributed by atoms with Gasteiger partial charge in [0.15, 0.2) is 5.78 Å². The Morgan fingerprint density at radius 3 is 2.42 bits per heavy atom. The lowest BCUT2D eigenvalue weighted by molar-refractivity contribution is 0.103. The fourth-order valence-corrected chi connectivity index (χ4v) is 2.31. The molecule has 0 bridgehead atoms. The standard InChI is InChI=1S/C15H12BrFO2/c1-9-7-10(16)3-5-12(9)15(18)13-6-4-11(19-2)8-14(13)17/h3-8H,1-2H3. The Labute approximate surface area is 119 Å². The number of hydrogen-bond acceptors (Lipinski definition) is 2. The molecule has 0 radical (unpaired) electrons. The molecule has 19 heavy (non-hydrogen) atoms. The van der Waals surface area contributed by atoms with Crippen molar-refractivity contribution in [1.29, 1.82) is 0 Å². The molecule has 2 rings (SSSR count). The highest BCUT2D eigenvalue weighted by atomic mass is 79.9. The summed E-state index contributed by atoms with van der Waals surface area (Å²) in [7, 11) is 1.45. The SMILES string of the molecule is COc1ccc(C(=O)c2ccc(Br)cc2C)c(F)c1. The molecule has 0 fully saturated rings. The van der Waals surface area contributed by atoms with Crippen molar-refractivity contribution in [3.63, 3.8) is 0 Å². The zero-order valence-corrected chi connectivity index (χ0v) is 12.1. The fraction of sp³-hybridized carbons (Fsp3) is 0.133. The van der Waals surface area contributed by atoms with Gasteiger partial charge in [-0.2, -0.15) is 0 Å². The number of benzene rings is 2. The average Bonchev–Trinajstić information content (AvgIpc) is 2.37. The monoisotopic (exact) mass is 322 g/mol. The van der Waals surface area contributed by atoms with Crippen molar-refractivity contribution in [2.45, 2.75) is 6.92 Å². The van der Waals surface area contributed by atoms with Crippen LogP contribution in [-0.4, -0.2) is 12.9 Å². The Kier molecular flexibility index (Phi) is 4.00. The molecule has 0 saturated heterocycles. The Hall–Kier alpha value is -1.68. The van der Waals surface area contributed by atoms with Gasteiger partial charge in [-0.15, -0.1) is 0 Å². The number of ether oxygens (including phenoxy) is 1. The van der Waals surface area contributed by atoms with Gasteiger partial charge in [0, 0.05) is 16.1 Å². The van der Waals surface area contributed by atoms with Crippen LogP contribution in [0.3, 0.4) is 0 Å². The van der Waals surface area contributed by atoms with E-state index in [1.54, 1.807) is 18.2 Å². The molecular weight excluding hydrogens is 311 g/mol. The maximum atomic E-state index is 13.9. The van der Waals surface area contributed by atoms with Crippen LogP contribution < -0.4 is 4.74 Å². The van der Waals surface area contributed by atoms with Crippen molar-refractivity contribution in [1.82, 2.24) is 0 Å². The number of carbonyl (C=O) groups excluding carboxylic acids is 1. The van der Waals surface area contributed by atoms with Crippen molar-refractivity contribution in [3.05, 3.63) is 63.4 Å². The van der Waals surface area contributed by atoms with Crippen LogP contribution in [0.15, 0.2) is 40.9 Å². The molecule has 0 spiro atoms. The van der Waals surface area contributed by atoms with Gasteiger partial charge in [0.25, 0.3) is 0 Å². The van der Waals surface area contributed by atoms with Gasteiger partial charge in [0.2, 0.25) is 0 Å². The summed E-state index contributed by atoms with van der Waals surface area (Å²) in [5.74, 6) is -0.515.